The molecule has 1 unspecified atom stereocenters. The van der Waals surface area contributed by atoms with Crippen molar-refractivity contribution in [3.8, 4) is 5.75 Å². The van der Waals surface area contributed by atoms with Crippen LogP contribution in [0.3, 0.4) is 0 Å². The van der Waals surface area contributed by atoms with Crippen molar-refractivity contribution in [3.05, 3.63) is 36.0 Å². The van der Waals surface area contributed by atoms with Crippen molar-refractivity contribution in [2.24, 2.45) is 0 Å². The lowest BCUT2D eigenvalue weighted by molar-refractivity contribution is 0.0120. The second-order valence-electron chi connectivity index (χ2n) is 7.93. The van der Waals surface area contributed by atoms with Gasteiger partial charge < -0.3 is 29.0 Å². The number of benzene rings is 1. The number of likely N-dealkylation sites (tertiary alicyclic amines) is 1. The summed E-state index contributed by atoms with van der Waals surface area (Å²) < 4.78 is 22.0. The second kappa shape index (κ2) is 10.6. The molecule has 0 radical (unpaired) electrons. The molecule has 2 fully saturated rings. The van der Waals surface area contributed by atoms with Gasteiger partial charge in [-0.3, -0.25) is 0 Å². The molecule has 4 rings (SSSR count). The Balaban J connectivity index is 1.22. The molecular formula is C22H30N4O5. The summed E-state index contributed by atoms with van der Waals surface area (Å²) in [7, 11) is 1.61. The van der Waals surface area contributed by atoms with Gasteiger partial charge in [0.2, 0.25) is 5.89 Å². The molecule has 1 atom stereocenters. The predicted octanol–water partition coefficient (Wildman–Crippen LogP) is 3.23. The first-order chi connectivity index (χ1) is 15.2. The fourth-order valence-electron chi connectivity index (χ4n) is 3.96. The van der Waals surface area contributed by atoms with E-state index in [0.717, 1.165) is 45.4 Å². The van der Waals surface area contributed by atoms with E-state index in [1.54, 1.807) is 18.1 Å². The van der Waals surface area contributed by atoms with Gasteiger partial charge in [0.05, 0.1) is 19.8 Å². The number of methoxy groups -OCH3 is 1. The highest BCUT2D eigenvalue weighted by Gasteiger charge is 2.25. The minimum atomic E-state index is -0.124. The zero-order valence-corrected chi connectivity index (χ0v) is 17.9. The topological polar surface area (TPSA) is 99.0 Å². The van der Waals surface area contributed by atoms with Crippen LogP contribution < -0.4 is 10.1 Å². The van der Waals surface area contributed by atoms with Gasteiger partial charge in [0.15, 0.2) is 5.82 Å². The van der Waals surface area contributed by atoms with Gasteiger partial charge in [-0.25, -0.2) is 4.79 Å². The number of urea groups is 1. The Morgan fingerprint density at radius 1 is 1.29 bits per heavy atom. The minimum absolute atomic E-state index is 0.00618. The highest BCUT2D eigenvalue weighted by atomic mass is 16.5. The normalized spacial score (nSPS) is 19.9. The molecule has 0 aliphatic carbocycles. The number of carbonyl (C=O) groups excluding carboxylic acids is 1. The maximum Gasteiger partial charge on any atom is 0.321 e. The number of hydrogen-bond donors (Lipinski definition) is 1. The average Bonchev–Trinajstić information content (AvgIpc) is 3.29. The van der Waals surface area contributed by atoms with Crippen LogP contribution in [0.2, 0.25) is 0 Å². The Morgan fingerprint density at radius 3 is 3.00 bits per heavy atom. The van der Waals surface area contributed by atoms with Crippen LogP contribution in [0.4, 0.5) is 10.5 Å². The summed E-state index contributed by atoms with van der Waals surface area (Å²) in [6.07, 6.45) is 4.29. The standard InChI is InChI=1S/C22H30N4O5/c1-28-18-5-2-4-17(14-18)23-22(27)26-10-3-6-19(15-26)30-13-9-20-24-21(31-25-20)16-7-11-29-12-8-16/h2,4-5,14,16,19H,3,6-13,15H2,1H3,(H,23,27). The number of carbonyl (C=O) groups is 1. The number of nitrogens with zero attached hydrogens (tertiary/aromatic N) is 3. The summed E-state index contributed by atoms with van der Waals surface area (Å²) in [5.41, 5.74) is 0.713. The number of hydrogen-bond acceptors (Lipinski definition) is 7. The van der Waals surface area contributed by atoms with E-state index in [9.17, 15) is 4.79 Å². The minimum Gasteiger partial charge on any atom is -0.497 e. The van der Waals surface area contributed by atoms with Crippen molar-refractivity contribution < 1.29 is 23.5 Å². The van der Waals surface area contributed by atoms with Crippen molar-refractivity contribution >= 4 is 11.7 Å². The quantitative estimate of drug-likeness (QED) is 0.720. The van der Waals surface area contributed by atoms with Crippen molar-refractivity contribution in [1.82, 2.24) is 15.0 Å². The molecule has 1 aromatic carbocycles. The zero-order valence-electron chi connectivity index (χ0n) is 17.9. The molecule has 168 valence electrons. The number of nitrogens with one attached hydrogen (secondary N) is 1. The summed E-state index contributed by atoms with van der Waals surface area (Å²) in [4.78, 5) is 19.0. The molecule has 0 bridgehead atoms. The van der Waals surface area contributed by atoms with E-state index < -0.39 is 0 Å². The van der Waals surface area contributed by atoms with Crippen LogP contribution in [0.25, 0.3) is 0 Å². The van der Waals surface area contributed by atoms with Crippen LogP contribution in [0.1, 0.15) is 43.3 Å². The molecular weight excluding hydrogens is 400 g/mol. The average molecular weight is 431 g/mol. The fraction of sp³-hybridized carbons (Fsp3) is 0.591. The van der Waals surface area contributed by atoms with Crippen LogP contribution in [0, 0.1) is 0 Å². The number of amides is 2. The maximum absolute atomic E-state index is 12.6. The van der Waals surface area contributed by atoms with Crippen molar-refractivity contribution in [3.63, 3.8) is 0 Å². The van der Waals surface area contributed by atoms with E-state index >= 15 is 0 Å². The van der Waals surface area contributed by atoms with Crippen LogP contribution in [0.15, 0.2) is 28.8 Å². The molecule has 9 heteroatoms. The fourth-order valence-corrected chi connectivity index (χ4v) is 3.96. The van der Waals surface area contributed by atoms with Gasteiger partial charge in [-0.05, 0) is 37.8 Å². The number of aromatic nitrogens is 2. The maximum atomic E-state index is 12.6. The van der Waals surface area contributed by atoms with Gasteiger partial charge in [0.1, 0.15) is 5.75 Å². The molecule has 2 aliphatic heterocycles. The third kappa shape index (κ3) is 5.95. The highest BCUT2D eigenvalue weighted by molar-refractivity contribution is 5.89. The molecule has 1 aromatic heterocycles. The molecule has 0 spiro atoms. The molecule has 2 aromatic rings. The van der Waals surface area contributed by atoms with Gasteiger partial charge in [0.25, 0.3) is 0 Å². The van der Waals surface area contributed by atoms with Crippen molar-refractivity contribution in [1.29, 1.82) is 0 Å². The zero-order chi connectivity index (χ0) is 21.5. The SMILES string of the molecule is COc1cccc(NC(=O)N2CCCC(OCCc3noc(C4CCOCC4)n3)C2)c1. The van der Waals surface area contributed by atoms with Gasteiger partial charge in [-0.15, -0.1) is 0 Å². The molecule has 9 nitrogen and oxygen atoms in total. The summed E-state index contributed by atoms with van der Waals surface area (Å²) in [6.45, 7) is 3.28. The van der Waals surface area contributed by atoms with E-state index in [-0.39, 0.29) is 12.1 Å². The Bertz CT molecular complexity index is 852. The molecule has 1 N–H and O–H groups in total. The second-order valence-corrected chi connectivity index (χ2v) is 7.93. The van der Waals surface area contributed by atoms with E-state index in [4.69, 9.17) is 18.7 Å². The van der Waals surface area contributed by atoms with Crippen molar-refractivity contribution in [2.45, 2.75) is 44.1 Å². The summed E-state index contributed by atoms with van der Waals surface area (Å²) in [5.74, 6) is 2.38. The van der Waals surface area contributed by atoms with E-state index in [0.29, 0.717) is 48.6 Å². The summed E-state index contributed by atoms with van der Waals surface area (Å²) in [6, 6.07) is 7.21. The largest absolute Gasteiger partial charge is 0.497 e. The lowest BCUT2D eigenvalue weighted by Gasteiger charge is -2.32. The first-order valence-corrected chi connectivity index (χ1v) is 10.9. The Hall–Kier alpha value is -2.65. The lowest BCUT2D eigenvalue weighted by atomic mass is 10.0. The van der Waals surface area contributed by atoms with Crippen LogP contribution in [0.5, 0.6) is 5.75 Å². The lowest BCUT2D eigenvalue weighted by Crippen LogP contribution is -2.45. The van der Waals surface area contributed by atoms with Gasteiger partial charge >= 0.3 is 6.03 Å². The van der Waals surface area contributed by atoms with E-state index in [1.807, 2.05) is 18.2 Å². The number of ether oxygens (including phenoxy) is 3. The molecule has 31 heavy (non-hydrogen) atoms. The summed E-state index contributed by atoms with van der Waals surface area (Å²) >= 11 is 0. The van der Waals surface area contributed by atoms with Crippen LogP contribution in [-0.4, -0.2) is 67.2 Å². The highest BCUT2D eigenvalue weighted by Crippen LogP contribution is 2.25. The van der Waals surface area contributed by atoms with Gasteiger partial charge in [0, 0.05) is 50.4 Å². The third-order valence-electron chi connectivity index (χ3n) is 5.72. The number of anilines is 1. The number of rotatable bonds is 7. The van der Waals surface area contributed by atoms with Gasteiger partial charge in [-0.2, -0.15) is 4.98 Å². The smallest absolute Gasteiger partial charge is 0.321 e. The molecule has 2 saturated heterocycles. The monoisotopic (exact) mass is 430 g/mol. The predicted molar refractivity (Wildman–Crippen MR) is 113 cm³/mol. The third-order valence-corrected chi connectivity index (χ3v) is 5.72. The van der Waals surface area contributed by atoms with E-state index in [2.05, 4.69) is 15.5 Å². The molecule has 2 aliphatic rings. The van der Waals surface area contributed by atoms with Crippen LogP contribution >= 0.6 is 0 Å². The first-order valence-electron chi connectivity index (χ1n) is 10.9. The van der Waals surface area contributed by atoms with E-state index in [1.165, 1.54) is 0 Å². The number of piperidine rings is 1. The Labute approximate surface area is 182 Å². The molecule has 2 amide bonds. The Morgan fingerprint density at radius 2 is 2.16 bits per heavy atom. The van der Waals surface area contributed by atoms with Gasteiger partial charge in [-0.1, -0.05) is 11.2 Å². The molecule has 3 heterocycles. The molecule has 0 saturated carbocycles. The van der Waals surface area contributed by atoms with Crippen LogP contribution in [-0.2, 0) is 15.9 Å². The Kier molecular flexibility index (Phi) is 7.37. The first kappa shape index (κ1) is 21.6. The van der Waals surface area contributed by atoms with Crippen molar-refractivity contribution in [2.75, 3.05) is 45.3 Å². The summed E-state index contributed by atoms with van der Waals surface area (Å²) in [5, 5.41) is 7.02.